The van der Waals surface area contributed by atoms with Gasteiger partial charge >= 0.3 is 5.97 Å². The molecule has 24 heavy (non-hydrogen) atoms. The van der Waals surface area contributed by atoms with E-state index < -0.39 is 18.1 Å². The average Bonchev–Trinajstić information content (AvgIpc) is 2.86. The third-order valence-electron chi connectivity index (χ3n) is 4.32. The molecule has 1 aromatic heterocycles. The zero-order valence-electron chi connectivity index (χ0n) is 13.3. The summed E-state index contributed by atoms with van der Waals surface area (Å²) in [6.45, 7) is 0. The van der Waals surface area contributed by atoms with Gasteiger partial charge < -0.3 is 20.3 Å². The van der Waals surface area contributed by atoms with E-state index in [1.165, 1.54) is 0 Å². The van der Waals surface area contributed by atoms with Crippen molar-refractivity contribution in [3.8, 4) is 0 Å². The maximum absolute atomic E-state index is 12.3. The highest BCUT2D eigenvalue weighted by molar-refractivity contribution is 5.97. The summed E-state index contributed by atoms with van der Waals surface area (Å²) in [5, 5.41) is 15.1. The Morgan fingerprint density at radius 2 is 1.83 bits per heavy atom. The van der Waals surface area contributed by atoms with E-state index in [1.54, 1.807) is 0 Å². The summed E-state index contributed by atoms with van der Waals surface area (Å²) in [7, 11) is 1.94. The molecule has 2 amide bonds. The molecule has 7 heteroatoms. The number of para-hydroxylation sites is 1. The monoisotopic (exact) mass is 329 g/mol. The lowest BCUT2D eigenvalue weighted by molar-refractivity contribution is -0.139. The normalized spacial score (nSPS) is 20.7. The molecule has 0 unspecified atom stereocenters. The Kier molecular flexibility index (Phi) is 4.24. The van der Waals surface area contributed by atoms with Gasteiger partial charge in [0.25, 0.3) is 0 Å². The predicted octanol–water partition coefficient (Wildman–Crippen LogP) is 0.569. The fourth-order valence-corrected chi connectivity index (χ4v) is 3.10. The first-order chi connectivity index (χ1) is 11.5. The van der Waals surface area contributed by atoms with E-state index in [0.717, 1.165) is 16.5 Å². The molecule has 1 aliphatic rings. The van der Waals surface area contributed by atoms with E-state index in [2.05, 4.69) is 10.6 Å². The first-order valence-corrected chi connectivity index (χ1v) is 7.81. The van der Waals surface area contributed by atoms with Gasteiger partial charge in [0.2, 0.25) is 11.8 Å². The van der Waals surface area contributed by atoms with Gasteiger partial charge in [-0.3, -0.25) is 14.4 Å². The second kappa shape index (κ2) is 6.35. The number of nitrogens with zero attached hydrogens (tertiary/aromatic N) is 1. The van der Waals surface area contributed by atoms with Crippen LogP contribution < -0.4 is 10.6 Å². The fourth-order valence-electron chi connectivity index (χ4n) is 3.10. The number of aliphatic carboxylic acids is 1. The van der Waals surface area contributed by atoms with Crippen molar-refractivity contribution in [2.24, 2.45) is 7.05 Å². The molecule has 1 aliphatic heterocycles. The van der Waals surface area contributed by atoms with Gasteiger partial charge in [0.05, 0.1) is 0 Å². The van der Waals surface area contributed by atoms with Crippen LogP contribution in [0.4, 0.5) is 0 Å². The van der Waals surface area contributed by atoms with Gasteiger partial charge in [-0.2, -0.15) is 0 Å². The molecule has 1 aromatic carbocycles. The molecule has 0 radical (unpaired) electrons. The van der Waals surface area contributed by atoms with E-state index in [9.17, 15) is 14.4 Å². The molecule has 3 N–H and O–H groups in total. The molecule has 0 saturated carbocycles. The number of fused-ring (bicyclic) bond motifs is 1. The molecule has 1 fully saturated rings. The molecule has 0 aliphatic carbocycles. The highest BCUT2D eigenvalue weighted by Crippen LogP contribution is 2.22. The lowest BCUT2D eigenvalue weighted by Gasteiger charge is -2.29. The molecular formula is C17H19N3O4. The van der Waals surface area contributed by atoms with Crippen molar-refractivity contribution in [1.82, 2.24) is 15.2 Å². The Morgan fingerprint density at radius 1 is 1.17 bits per heavy atom. The number of carboxylic acid groups (broad SMARTS) is 1. The van der Waals surface area contributed by atoms with Crippen LogP contribution in [0.15, 0.2) is 30.5 Å². The molecule has 2 heterocycles. The molecule has 2 atom stereocenters. The van der Waals surface area contributed by atoms with Gasteiger partial charge in [0.1, 0.15) is 12.1 Å². The van der Waals surface area contributed by atoms with Crippen molar-refractivity contribution in [3.05, 3.63) is 36.0 Å². The highest BCUT2D eigenvalue weighted by Gasteiger charge is 2.34. The van der Waals surface area contributed by atoms with Crippen molar-refractivity contribution in [2.75, 3.05) is 0 Å². The summed E-state index contributed by atoms with van der Waals surface area (Å²) >= 11 is 0. The predicted molar refractivity (Wildman–Crippen MR) is 87.4 cm³/mol. The summed E-state index contributed by atoms with van der Waals surface area (Å²) in [5.41, 5.74) is 2.05. The smallest absolute Gasteiger partial charge is 0.303 e. The topological polar surface area (TPSA) is 100 Å². The number of aryl methyl sites for hydroxylation is 1. The highest BCUT2D eigenvalue weighted by atomic mass is 16.4. The van der Waals surface area contributed by atoms with E-state index in [1.807, 2.05) is 42.1 Å². The Balaban J connectivity index is 1.73. The maximum Gasteiger partial charge on any atom is 0.303 e. The van der Waals surface area contributed by atoms with Gasteiger partial charge in [-0.05, 0) is 18.1 Å². The van der Waals surface area contributed by atoms with Crippen LogP contribution in [-0.4, -0.2) is 39.5 Å². The minimum absolute atomic E-state index is 0.0912. The van der Waals surface area contributed by atoms with Crippen LogP contribution in [0.25, 0.3) is 10.9 Å². The Morgan fingerprint density at radius 3 is 2.58 bits per heavy atom. The summed E-state index contributed by atoms with van der Waals surface area (Å²) in [6.07, 6.45) is 2.28. The third kappa shape index (κ3) is 3.10. The van der Waals surface area contributed by atoms with Crippen LogP contribution in [0.5, 0.6) is 0 Å². The van der Waals surface area contributed by atoms with Gasteiger partial charge in [-0.25, -0.2) is 0 Å². The molecule has 1 saturated heterocycles. The van der Waals surface area contributed by atoms with E-state index in [4.69, 9.17) is 5.11 Å². The zero-order valence-corrected chi connectivity index (χ0v) is 13.3. The van der Waals surface area contributed by atoms with E-state index in [0.29, 0.717) is 6.42 Å². The van der Waals surface area contributed by atoms with Crippen LogP contribution in [0.2, 0.25) is 0 Å². The Hall–Kier alpha value is -2.83. The Labute approximate surface area is 138 Å². The number of hydrogen-bond donors (Lipinski definition) is 3. The number of carbonyl (C=O) groups is 3. The minimum atomic E-state index is -0.991. The molecule has 0 bridgehead atoms. The van der Waals surface area contributed by atoms with Crippen molar-refractivity contribution in [1.29, 1.82) is 0 Å². The maximum atomic E-state index is 12.3. The molecular weight excluding hydrogens is 310 g/mol. The number of amides is 2. The number of benzene rings is 1. The number of rotatable bonds is 5. The van der Waals surface area contributed by atoms with Crippen molar-refractivity contribution in [3.63, 3.8) is 0 Å². The quantitative estimate of drug-likeness (QED) is 0.746. The average molecular weight is 329 g/mol. The zero-order chi connectivity index (χ0) is 17.3. The summed E-state index contributed by atoms with van der Waals surface area (Å²) in [4.78, 5) is 35.0. The number of piperazine rings is 1. The van der Waals surface area contributed by atoms with Gasteiger partial charge in [-0.15, -0.1) is 0 Å². The fraction of sp³-hybridized carbons (Fsp3) is 0.353. The van der Waals surface area contributed by atoms with Crippen LogP contribution in [0.1, 0.15) is 18.4 Å². The number of aromatic nitrogens is 1. The Bertz CT molecular complexity index is 811. The lowest BCUT2D eigenvalue weighted by Crippen LogP contribution is -2.62. The largest absolute Gasteiger partial charge is 0.481 e. The first-order valence-electron chi connectivity index (χ1n) is 7.81. The standard InChI is InChI=1S/C17H19N3O4/c1-20-9-10(11-4-2-3-5-14(11)20)8-13-17(24)18-12(16(23)19-13)6-7-15(21)22/h2-5,9,12-13H,6-8H2,1H3,(H,18,24)(H,19,23)(H,21,22)/t12-,13-/m1/s1. The molecule has 0 spiro atoms. The van der Waals surface area contributed by atoms with Gasteiger partial charge in [-0.1, -0.05) is 18.2 Å². The van der Waals surface area contributed by atoms with Crippen LogP contribution in [-0.2, 0) is 27.9 Å². The van der Waals surface area contributed by atoms with Gasteiger partial charge in [0, 0.05) is 37.0 Å². The molecule has 3 rings (SSSR count). The summed E-state index contributed by atoms with van der Waals surface area (Å²) in [6, 6.07) is 6.45. The van der Waals surface area contributed by atoms with Gasteiger partial charge in [0.15, 0.2) is 0 Å². The SMILES string of the molecule is Cn1cc(C[C@H]2NC(=O)[C@@H](CCC(=O)O)NC2=O)c2ccccc21. The number of hydrogen-bond acceptors (Lipinski definition) is 3. The van der Waals surface area contributed by atoms with Crippen molar-refractivity contribution < 1.29 is 19.5 Å². The lowest BCUT2D eigenvalue weighted by atomic mass is 10.00. The van der Waals surface area contributed by atoms with E-state index in [-0.39, 0.29) is 24.7 Å². The third-order valence-corrected chi connectivity index (χ3v) is 4.32. The summed E-state index contributed by atoms with van der Waals surface area (Å²) < 4.78 is 1.99. The van der Waals surface area contributed by atoms with Crippen molar-refractivity contribution in [2.45, 2.75) is 31.3 Å². The number of nitrogens with one attached hydrogen (secondary N) is 2. The van der Waals surface area contributed by atoms with Crippen molar-refractivity contribution >= 4 is 28.7 Å². The second-order valence-electron chi connectivity index (χ2n) is 6.04. The second-order valence-corrected chi connectivity index (χ2v) is 6.04. The molecule has 2 aromatic rings. The van der Waals surface area contributed by atoms with Crippen LogP contribution in [0, 0.1) is 0 Å². The number of carbonyl (C=O) groups excluding carboxylic acids is 2. The minimum Gasteiger partial charge on any atom is -0.481 e. The molecule has 7 nitrogen and oxygen atoms in total. The number of carboxylic acids is 1. The van der Waals surface area contributed by atoms with Crippen LogP contribution in [0.3, 0.4) is 0 Å². The molecule has 126 valence electrons. The first kappa shape index (κ1) is 16.0. The van der Waals surface area contributed by atoms with Crippen LogP contribution >= 0.6 is 0 Å². The summed E-state index contributed by atoms with van der Waals surface area (Å²) in [5.74, 6) is -1.60. The van der Waals surface area contributed by atoms with E-state index >= 15 is 0 Å².